The number of anilines is 2. The van der Waals surface area contributed by atoms with Gasteiger partial charge >= 0.3 is 0 Å². The normalized spacial score (nSPS) is 15.2. The minimum Gasteiger partial charge on any atom is -0.329 e. The van der Waals surface area contributed by atoms with E-state index in [1.807, 2.05) is 48.5 Å². The van der Waals surface area contributed by atoms with Gasteiger partial charge < -0.3 is 10.6 Å². The summed E-state index contributed by atoms with van der Waals surface area (Å²) in [5, 5.41) is 6.35. The topological polar surface area (TPSA) is 59.0 Å². The van der Waals surface area contributed by atoms with Gasteiger partial charge in [0.1, 0.15) is 0 Å². The highest BCUT2D eigenvalue weighted by Gasteiger charge is 2.31. The molecular formula is C27H24N4O. The molecule has 5 nitrogen and oxygen atoms in total. The lowest BCUT2D eigenvalue weighted by Gasteiger charge is -2.32. The average molecular weight is 421 g/mol. The summed E-state index contributed by atoms with van der Waals surface area (Å²) >= 11 is 0. The smallest absolute Gasteiger partial charge is 0.221 e. The van der Waals surface area contributed by atoms with E-state index in [1.54, 1.807) is 0 Å². The zero-order chi connectivity index (χ0) is 22.2. The second-order valence-electron chi connectivity index (χ2n) is 8.01. The van der Waals surface area contributed by atoms with Gasteiger partial charge in [-0.2, -0.15) is 0 Å². The number of imidazole rings is 1. The zero-order valence-electron chi connectivity index (χ0n) is 18.1. The first kappa shape index (κ1) is 19.8. The first-order valence-corrected chi connectivity index (χ1v) is 10.6. The quantitative estimate of drug-likeness (QED) is 0.426. The minimum absolute atomic E-state index is 0.0867. The Morgan fingerprint density at radius 3 is 2.41 bits per heavy atom. The van der Waals surface area contributed by atoms with Crippen LogP contribution in [0.5, 0.6) is 0 Å². The van der Waals surface area contributed by atoms with E-state index >= 15 is 0 Å². The number of hydrogen-bond donors (Lipinski definition) is 2. The number of para-hydroxylation sites is 2. The molecule has 1 aliphatic rings. The summed E-state index contributed by atoms with van der Waals surface area (Å²) in [6, 6.07) is 26.3. The SMILES string of the molecule is C=C(C1=C(C)Nc2nc3ccccc3n2C1c1ccc(NC(C)=O)cc1)c1ccccc1. The van der Waals surface area contributed by atoms with Gasteiger partial charge in [0.2, 0.25) is 11.9 Å². The number of benzene rings is 3. The highest BCUT2D eigenvalue weighted by molar-refractivity contribution is 5.89. The van der Waals surface area contributed by atoms with E-state index in [4.69, 9.17) is 4.98 Å². The highest BCUT2D eigenvalue weighted by Crippen LogP contribution is 2.44. The number of hydrogen-bond acceptors (Lipinski definition) is 3. The van der Waals surface area contributed by atoms with E-state index in [9.17, 15) is 4.79 Å². The maximum Gasteiger partial charge on any atom is 0.221 e. The van der Waals surface area contributed by atoms with Crippen LogP contribution in [0.1, 0.15) is 31.0 Å². The fourth-order valence-electron chi connectivity index (χ4n) is 4.42. The van der Waals surface area contributed by atoms with Crippen molar-refractivity contribution in [1.29, 1.82) is 0 Å². The molecular weight excluding hydrogens is 396 g/mol. The zero-order valence-corrected chi connectivity index (χ0v) is 18.1. The number of amides is 1. The number of allylic oxidation sites excluding steroid dienone is 3. The van der Waals surface area contributed by atoms with Gasteiger partial charge in [0.15, 0.2) is 0 Å². The van der Waals surface area contributed by atoms with E-state index in [0.717, 1.165) is 50.6 Å². The Morgan fingerprint density at radius 2 is 1.69 bits per heavy atom. The van der Waals surface area contributed by atoms with E-state index < -0.39 is 0 Å². The molecule has 0 spiro atoms. The fourth-order valence-corrected chi connectivity index (χ4v) is 4.42. The molecule has 0 aliphatic carbocycles. The molecule has 1 aliphatic heterocycles. The van der Waals surface area contributed by atoms with Crippen molar-refractivity contribution in [2.75, 3.05) is 10.6 Å². The Kier molecular flexibility index (Phi) is 4.86. The molecule has 3 aromatic carbocycles. The van der Waals surface area contributed by atoms with Crippen molar-refractivity contribution < 1.29 is 4.79 Å². The molecule has 0 saturated heterocycles. The van der Waals surface area contributed by atoms with Gasteiger partial charge in [0.25, 0.3) is 0 Å². The van der Waals surface area contributed by atoms with Crippen LogP contribution < -0.4 is 10.6 Å². The third-order valence-corrected chi connectivity index (χ3v) is 5.82. The summed E-state index contributed by atoms with van der Waals surface area (Å²) in [4.78, 5) is 16.3. The van der Waals surface area contributed by atoms with E-state index in [-0.39, 0.29) is 11.9 Å². The second-order valence-corrected chi connectivity index (χ2v) is 8.01. The summed E-state index contributed by atoms with van der Waals surface area (Å²) in [6.45, 7) is 8.07. The minimum atomic E-state index is -0.113. The predicted octanol–water partition coefficient (Wildman–Crippen LogP) is 6.00. The molecule has 5 heteroatoms. The Morgan fingerprint density at radius 1 is 1.00 bits per heavy atom. The lowest BCUT2D eigenvalue weighted by atomic mass is 9.87. The third-order valence-electron chi connectivity index (χ3n) is 5.82. The third kappa shape index (κ3) is 3.38. The van der Waals surface area contributed by atoms with Crippen molar-refractivity contribution in [2.45, 2.75) is 19.9 Å². The monoisotopic (exact) mass is 420 g/mol. The van der Waals surface area contributed by atoms with Gasteiger partial charge in [-0.15, -0.1) is 0 Å². The van der Waals surface area contributed by atoms with Crippen LogP contribution in [-0.4, -0.2) is 15.5 Å². The molecule has 1 amide bonds. The van der Waals surface area contributed by atoms with Gasteiger partial charge in [-0.05, 0) is 47.9 Å². The Labute approximate surface area is 187 Å². The maximum absolute atomic E-state index is 11.5. The summed E-state index contributed by atoms with van der Waals surface area (Å²) in [7, 11) is 0. The maximum atomic E-state index is 11.5. The lowest BCUT2D eigenvalue weighted by molar-refractivity contribution is -0.114. The molecule has 5 rings (SSSR count). The summed E-state index contributed by atoms with van der Waals surface area (Å²) in [5.41, 5.74) is 8.04. The fraction of sp³-hybridized carbons (Fsp3) is 0.111. The number of aromatic nitrogens is 2. The average Bonchev–Trinajstić information content (AvgIpc) is 3.16. The van der Waals surface area contributed by atoms with Crippen molar-refractivity contribution in [2.24, 2.45) is 0 Å². The van der Waals surface area contributed by atoms with Crippen molar-refractivity contribution in [3.8, 4) is 0 Å². The van der Waals surface area contributed by atoms with Crippen LogP contribution in [0.3, 0.4) is 0 Å². The lowest BCUT2D eigenvalue weighted by Crippen LogP contribution is -2.24. The molecule has 1 unspecified atom stereocenters. The van der Waals surface area contributed by atoms with Crippen LogP contribution >= 0.6 is 0 Å². The molecule has 0 saturated carbocycles. The first-order chi connectivity index (χ1) is 15.5. The number of carbonyl (C=O) groups excluding carboxylic acids is 1. The van der Waals surface area contributed by atoms with Crippen molar-refractivity contribution in [3.63, 3.8) is 0 Å². The largest absolute Gasteiger partial charge is 0.329 e. The predicted molar refractivity (Wildman–Crippen MR) is 130 cm³/mol. The van der Waals surface area contributed by atoms with Crippen molar-refractivity contribution in [1.82, 2.24) is 9.55 Å². The van der Waals surface area contributed by atoms with Crippen molar-refractivity contribution >= 4 is 34.1 Å². The first-order valence-electron chi connectivity index (χ1n) is 10.6. The molecule has 1 aromatic heterocycles. The van der Waals surface area contributed by atoms with Gasteiger partial charge in [-0.25, -0.2) is 4.98 Å². The highest BCUT2D eigenvalue weighted by atomic mass is 16.1. The molecule has 4 aromatic rings. The van der Waals surface area contributed by atoms with Crippen LogP contribution in [0.15, 0.2) is 96.7 Å². The number of nitrogens with zero attached hydrogens (tertiary/aromatic N) is 2. The molecule has 158 valence electrons. The van der Waals surface area contributed by atoms with E-state index in [1.165, 1.54) is 6.92 Å². The Balaban J connectivity index is 1.70. The van der Waals surface area contributed by atoms with Crippen LogP contribution in [0.4, 0.5) is 11.6 Å². The molecule has 0 radical (unpaired) electrons. The molecule has 2 heterocycles. The molecule has 2 N–H and O–H groups in total. The second kappa shape index (κ2) is 7.85. The summed E-state index contributed by atoms with van der Waals surface area (Å²) in [5.74, 6) is 0.723. The molecule has 0 bridgehead atoms. The number of nitrogens with one attached hydrogen (secondary N) is 2. The number of fused-ring (bicyclic) bond motifs is 3. The van der Waals surface area contributed by atoms with Gasteiger partial charge in [-0.1, -0.05) is 61.2 Å². The molecule has 32 heavy (non-hydrogen) atoms. The van der Waals surface area contributed by atoms with Crippen LogP contribution in [0, 0.1) is 0 Å². The number of carbonyl (C=O) groups is 1. The van der Waals surface area contributed by atoms with E-state index in [2.05, 4.69) is 59.0 Å². The standard InChI is InChI=1S/C27H24N4O/c1-17(20-9-5-4-6-10-20)25-18(2)28-27-30-23-11-7-8-12-24(23)31(27)26(25)21-13-15-22(16-14-21)29-19(3)32/h4-16,26H,1H2,2-3H3,(H,28,30)(H,29,32). The van der Waals surface area contributed by atoms with Crippen molar-refractivity contribution in [3.05, 3.63) is 108 Å². The van der Waals surface area contributed by atoms with Gasteiger partial charge in [0.05, 0.1) is 17.1 Å². The van der Waals surface area contributed by atoms with Gasteiger partial charge in [-0.3, -0.25) is 9.36 Å². The van der Waals surface area contributed by atoms with E-state index in [0.29, 0.717) is 0 Å². The summed E-state index contributed by atoms with van der Waals surface area (Å²) in [6.07, 6.45) is 0. The number of rotatable bonds is 4. The Bertz CT molecular complexity index is 1360. The summed E-state index contributed by atoms with van der Waals surface area (Å²) < 4.78 is 2.24. The molecule has 0 fully saturated rings. The Hall–Kier alpha value is -4.12. The molecule has 1 atom stereocenters. The van der Waals surface area contributed by atoms with Crippen LogP contribution in [0.2, 0.25) is 0 Å². The van der Waals surface area contributed by atoms with Gasteiger partial charge in [0, 0.05) is 23.9 Å². The van der Waals surface area contributed by atoms with Crippen LogP contribution in [-0.2, 0) is 4.79 Å². The van der Waals surface area contributed by atoms with Crippen LogP contribution in [0.25, 0.3) is 16.6 Å².